The summed E-state index contributed by atoms with van der Waals surface area (Å²) in [7, 11) is 1.95. The third-order valence-corrected chi connectivity index (χ3v) is 5.62. The van der Waals surface area contributed by atoms with Crippen molar-refractivity contribution in [2.75, 3.05) is 0 Å². The van der Waals surface area contributed by atoms with E-state index in [1.807, 2.05) is 35.9 Å². The molecule has 132 valence electrons. The summed E-state index contributed by atoms with van der Waals surface area (Å²) in [6.45, 7) is 2.90. The lowest BCUT2D eigenvalue weighted by Gasteiger charge is -2.14. The molecule has 0 N–H and O–H groups in total. The summed E-state index contributed by atoms with van der Waals surface area (Å²) in [6, 6.07) is 16.3. The van der Waals surface area contributed by atoms with Crippen molar-refractivity contribution in [1.29, 1.82) is 0 Å². The van der Waals surface area contributed by atoms with Gasteiger partial charge in [0.1, 0.15) is 12.2 Å². The lowest BCUT2D eigenvalue weighted by atomic mass is 10.2. The van der Waals surface area contributed by atoms with Crippen molar-refractivity contribution in [1.82, 2.24) is 24.3 Å². The van der Waals surface area contributed by atoms with Crippen LogP contribution in [0.25, 0.3) is 11.0 Å². The van der Waals surface area contributed by atoms with Gasteiger partial charge in [-0.1, -0.05) is 53.7 Å². The number of aromatic nitrogens is 5. The molecule has 26 heavy (non-hydrogen) atoms. The Morgan fingerprint density at radius 2 is 1.96 bits per heavy atom. The minimum Gasteiger partial charge on any atom is -0.323 e. The molecule has 0 saturated heterocycles. The first-order valence-electron chi connectivity index (χ1n) is 8.32. The number of rotatable bonds is 5. The van der Waals surface area contributed by atoms with Crippen LogP contribution in [0.1, 0.15) is 23.6 Å². The molecule has 0 saturated carbocycles. The molecule has 0 aliphatic heterocycles. The van der Waals surface area contributed by atoms with Gasteiger partial charge in [-0.2, -0.15) is 0 Å². The molecule has 4 rings (SSSR count). The molecule has 2 aromatic carbocycles. The second-order valence-corrected chi connectivity index (χ2v) is 7.90. The monoisotopic (exact) mass is 383 g/mol. The third kappa shape index (κ3) is 3.34. The maximum Gasteiger partial charge on any atom is 0.191 e. The standard InChI is InChI=1S/C19H18ClN5S/c1-13(26-19-23-21-12-24(19)2)18-22-16-10-15(20)8-9-17(16)25(18)11-14-6-4-3-5-7-14/h3-10,12-13H,11H2,1-2H3/t13-/m1/s1. The molecular weight excluding hydrogens is 366 g/mol. The van der Waals surface area contributed by atoms with Gasteiger partial charge in [0.15, 0.2) is 5.16 Å². The molecule has 7 heteroatoms. The van der Waals surface area contributed by atoms with Gasteiger partial charge in [0.2, 0.25) is 0 Å². The summed E-state index contributed by atoms with van der Waals surface area (Å²) < 4.78 is 4.18. The molecule has 0 fully saturated rings. The van der Waals surface area contributed by atoms with Crippen LogP contribution in [0.2, 0.25) is 5.02 Å². The topological polar surface area (TPSA) is 48.5 Å². The van der Waals surface area contributed by atoms with E-state index in [1.165, 1.54) is 5.56 Å². The number of aryl methyl sites for hydroxylation is 1. The molecule has 2 heterocycles. The maximum absolute atomic E-state index is 6.18. The number of nitrogens with zero attached hydrogens (tertiary/aromatic N) is 5. The Labute approximate surface area is 161 Å². The Hall–Kier alpha value is -2.31. The van der Waals surface area contributed by atoms with E-state index in [2.05, 4.69) is 46.0 Å². The van der Waals surface area contributed by atoms with E-state index in [4.69, 9.17) is 16.6 Å². The second-order valence-electron chi connectivity index (χ2n) is 6.16. The number of halogens is 1. The predicted octanol–water partition coefficient (Wildman–Crippen LogP) is 4.72. The summed E-state index contributed by atoms with van der Waals surface area (Å²) in [5.41, 5.74) is 3.23. The summed E-state index contributed by atoms with van der Waals surface area (Å²) in [4.78, 5) is 4.88. The summed E-state index contributed by atoms with van der Waals surface area (Å²) >= 11 is 7.83. The van der Waals surface area contributed by atoms with Crippen LogP contribution < -0.4 is 0 Å². The number of imidazole rings is 1. The van der Waals surface area contributed by atoms with Crippen molar-refractivity contribution in [3.8, 4) is 0 Å². The average Bonchev–Trinajstić information content (AvgIpc) is 3.19. The molecular formula is C19H18ClN5S. The van der Waals surface area contributed by atoms with Gasteiger partial charge in [0.05, 0.1) is 16.3 Å². The van der Waals surface area contributed by atoms with E-state index in [0.717, 1.165) is 28.6 Å². The average molecular weight is 384 g/mol. The summed E-state index contributed by atoms with van der Waals surface area (Å²) in [5.74, 6) is 0.999. The van der Waals surface area contributed by atoms with Crippen LogP contribution >= 0.6 is 23.4 Å². The smallest absolute Gasteiger partial charge is 0.191 e. The molecule has 1 atom stereocenters. The SMILES string of the molecule is C[C@@H](Sc1nncn1C)c1nc2cc(Cl)ccc2n1Cc1ccccc1. The van der Waals surface area contributed by atoms with Crippen molar-refractivity contribution >= 4 is 34.4 Å². The number of hydrogen-bond donors (Lipinski definition) is 0. The molecule has 0 amide bonds. The summed E-state index contributed by atoms with van der Waals surface area (Å²) in [5, 5.41) is 9.83. The largest absolute Gasteiger partial charge is 0.323 e. The number of thioether (sulfide) groups is 1. The normalized spacial score (nSPS) is 12.6. The zero-order valence-electron chi connectivity index (χ0n) is 14.5. The van der Waals surface area contributed by atoms with Crippen LogP contribution in [0.4, 0.5) is 0 Å². The fourth-order valence-corrected chi connectivity index (χ4v) is 4.03. The van der Waals surface area contributed by atoms with Gasteiger partial charge < -0.3 is 9.13 Å². The Kier molecular flexibility index (Phi) is 4.70. The summed E-state index contributed by atoms with van der Waals surface area (Å²) in [6.07, 6.45) is 1.71. The third-order valence-electron chi connectivity index (χ3n) is 4.24. The second kappa shape index (κ2) is 7.13. The Balaban J connectivity index is 1.77. The molecule has 4 aromatic rings. The molecule has 0 radical (unpaired) electrons. The molecule has 0 aliphatic rings. The van der Waals surface area contributed by atoms with Crippen molar-refractivity contribution in [3.05, 3.63) is 71.3 Å². The Morgan fingerprint density at radius 1 is 1.15 bits per heavy atom. The Morgan fingerprint density at radius 3 is 2.69 bits per heavy atom. The lowest BCUT2D eigenvalue weighted by Crippen LogP contribution is -2.07. The van der Waals surface area contributed by atoms with Gasteiger partial charge in [-0.3, -0.25) is 0 Å². The van der Waals surface area contributed by atoms with Gasteiger partial charge in [-0.05, 0) is 30.7 Å². The molecule has 0 spiro atoms. The van der Waals surface area contributed by atoms with E-state index in [0.29, 0.717) is 5.02 Å². The van der Waals surface area contributed by atoms with Gasteiger partial charge in [0, 0.05) is 18.6 Å². The van der Waals surface area contributed by atoms with Gasteiger partial charge in [0.25, 0.3) is 0 Å². The highest BCUT2D eigenvalue weighted by molar-refractivity contribution is 7.99. The molecule has 2 aromatic heterocycles. The molecule has 0 unspecified atom stereocenters. The highest BCUT2D eigenvalue weighted by atomic mass is 35.5. The first-order valence-corrected chi connectivity index (χ1v) is 9.58. The van der Waals surface area contributed by atoms with Crippen LogP contribution in [0.3, 0.4) is 0 Å². The van der Waals surface area contributed by atoms with Crippen LogP contribution in [-0.2, 0) is 13.6 Å². The van der Waals surface area contributed by atoms with Gasteiger partial charge in [-0.15, -0.1) is 10.2 Å². The maximum atomic E-state index is 6.18. The van der Waals surface area contributed by atoms with Crippen molar-refractivity contribution < 1.29 is 0 Å². The van der Waals surface area contributed by atoms with Gasteiger partial charge >= 0.3 is 0 Å². The quantitative estimate of drug-likeness (QED) is 0.468. The first kappa shape index (κ1) is 17.1. The zero-order chi connectivity index (χ0) is 18.1. The minimum atomic E-state index is 0.118. The fraction of sp³-hybridized carbons (Fsp3) is 0.211. The van der Waals surface area contributed by atoms with E-state index in [1.54, 1.807) is 18.1 Å². The van der Waals surface area contributed by atoms with Crippen LogP contribution in [0, 0.1) is 0 Å². The van der Waals surface area contributed by atoms with Crippen LogP contribution in [0.5, 0.6) is 0 Å². The lowest BCUT2D eigenvalue weighted by molar-refractivity contribution is 0.737. The molecule has 0 bridgehead atoms. The Bertz CT molecular complexity index is 1040. The predicted molar refractivity (Wildman–Crippen MR) is 106 cm³/mol. The molecule has 5 nitrogen and oxygen atoms in total. The number of benzene rings is 2. The highest BCUT2D eigenvalue weighted by Crippen LogP contribution is 2.35. The van der Waals surface area contributed by atoms with E-state index < -0.39 is 0 Å². The number of hydrogen-bond acceptors (Lipinski definition) is 4. The van der Waals surface area contributed by atoms with E-state index in [-0.39, 0.29) is 5.25 Å². The van der Waals surface area contributed by atoms with Crippen LogP contribution in [-0.4, -0.2) is 24.3 Å². The van der Waals surface area contributed by atoms with Crippen molar-refractivity contribution in [3.63, 3.8) is 0 Å². The molecule has 0 aliphatic carbocycles. The van der Waals surface area contributed by atoms with E-state index in [9.17, 15) is 0 Å². The fourth-order valence-electron chi connectivity index (χ4n) is 2.95. The van der Waals surface area contributed by atoms with Crippen LogP contribution in [0.15, 0.2) is 60.0 Å². The zero-order valence-corrected chi connectivity index (χ0v) is 16.1. The number of fused-ring (bicyclic) bond motifs is 1. The van der Waals surface area contributed by atoms with Gasteiger partial charge in [-0.25, -0.2) is 4.98 Å². The minimum absolute atomic E-state index is 0.118. The van der Waals surface area contributed by atoms with Crippen molar-refractivity contribution in [2.45, 2.75) is 23.9 Å². The van der Waals surface area contributed by atoms with Crippen molar-refractivity contribution in [2.24, 2.45) is 7.05 Å². The van der Waals surface area contributed by atoms with E-state index >= 15 is 0 Å². The highest BCUT2D eigenvalue weighted by Gasteiger charge is 2.20. The first-order chi connectivity index (χ1) is 12.6.